The molecule has 1 N–H and O–H groups in total. The number of nitrogens with one attached hydrogen (secondary N) is 1. The van der Waals surface area contributed by atoms with Crippen LogP contribution in [0.1, 0.15) is 5.56 Å². The first-order valence-corrected chi connectivity index (χ1v) is 9.81. The van der Waals surface area contributed by atoms with Gasteiger partial charge in [0.1, 0.15) is 10.8 Å². The number of benzene rings is 2. The van der Waals surface area contributed by atoms with E-state index in [1.807, 2.05) is 0 Å². The lowest BCUT2D eigenvalue weighted by molar-refractivity contribution is 0.599. The maximum absolute atomic E-state index is 13.0. The average Bonchev–Trinajstić information content (AvgIpc) is 2.89. The zero-order chi connectivity index (χ0) is 18.9. The predicted molar refractivity (Wildman–Crippen MR) is 100 cm³/mol. The Morgan fingerprint density at radius 1 is 1.04 bits per heavy atom. The fourth-order valence-corrected chi connectivity index (χ4v) is 3.91. The maximum atomic E-state index is 13.0. The third-order valence-corrected chi connectivity index (χ3v) is 5.64. The minimum Gasteiger partial charge on any atom is -0.265 e. The summed E-state index contributed by atoms with van der Waals surface area (Å²) < 4.78 is 41.4. The summed E-state index contributed by atoms with van der Waals surface area (Å²) >= 11 is 18.1. The van der Waals surface area contributed by atoms with Gasteiger partial charge in [-0.2, -0.15) is 5.10 Å². The third kappa shape index (κ3) is 4.29. The molecule has 0 saturated carbocycles. The fraction of sp³-hybridized carbons (Fsp3) is 0.0625. The van der Waals surface area contributed by atoms with Gasteiger partial charge in [0.15, 0.2) is 5.82 Å². The predicted octanol–water partition coefficient (Wildman–Crippen LogP) is 4.83. The molecule has 2 aromatic carbocycles. The molecule has 0 fully saturated rings. The van der Waals surface area contributed by atoms with Gasteiger partial charge in [-0.15, -0.1) is 0 Å². The van der Waals surface area contributed by atoms with Crippen molar-refractivity contribution in [1.29, 1.82) is 0 Å². The van der Waals surface area contributed by atoms with Crippen LogP contribution in [0.5, 0.6) is 0 Å². The Bertz CT molecular complexity index is 1050. The monoisotopic (exact) mass is 433 g/mol. The van der Waals surface area contributed by atoms with E-state index in [9.17, 15) is 12.8 Å². The Labute approximate surface area is 164 Å². The molecule has 3 aromatic rings. The van der Waals surface area contributed by atoms with E-state index in [2.05, 4.69) is 9.82 Å². The number of nitrogens with zero attached hydrogens (tertiary/aromatic N) is 2. The Balaban J connectivity index is 1.83. The number of hydrogen-bond donors (Lipinski definition) is 1. The summed E-state index contributed by atoms with van der Waals surface area (Å²) in [5.41, 5.74) is 0.739. The van der Waals surface area contributed by atoms with Crippen LogP contribution in [0.2, 0.25) is 15.1 Å². The molecule has 0 radical (unpaired) electrons. The highest BCUT2D eigenvalue weighted by Crippen LogP contribution is 2.26. The van der Waals surface area contributed by atoms with Crippen LogP contribution in [0.15, 0.2) is 53.6 Å². The Morgan fingerprint density at radius 3 is 2.38 bits per heavy atom. The van der Waals surface area contributed by atoms with Gasteiger partial charge in [-0.3, -0.25) is 9.40 Å². The van der Waals surface area contributed by atoms with Gasteiger partial charge in [0.05, 0.1) is 11.4 Å². The van der Waals surface area contributed by atoms with Gasteiger partial charge < -0.3 is 0 Å². The van der Waals surface area contributed by atoms with Gasteiger partial charge in [-0.25, -0.2) is 12.8 Å². The number of sulfonamides is 1. The normalized spacial score (nSPS) is 11.5. The Hall–Kier alpha value is -1.80. The molecule has 0 aliphatic rings. The van der Waals surface area contributed by atoms with E-state index >= 15 is 0 Å². The van der Waals surface area contributed by atoms with E-state index in [4.69, 9.17) is 34.8 Å². The molecule has 3 rings (SSSR count). The molecule has 0 bridgehead atoms. The van der Waals surface area contributed by atoms with E-state index in [1.54, 1.807) is 18.2 Å². The zero-order valence-electron chi connectivity index (χ0n) is 13.0. The highest BCUT2D eigenvalue weighted by Gasteiger charge is 2.18. The summed E-state index contributed by atoms with van der Waals surface area (Å²) in [6, 6.07) is 9.43. The second kappa shape index (κ2) is 7.44. The smallest absolute Gasteiger partial charge is 0.263 e. The number of anilines is 1. The van der Waals surface area contributed by atoms with Crippen molar-refractivity contribution in [3.8, 4) is 0 Å². The van der Waals surface area contributed by atoms with Gasteiger partial charge in [0, 0.05) is 16.2 Å². The Morgan fingerprint density at radius 2 is 1.73 bits per heavy atom. The van der Waals surface area contributed by atoms with E-state index in [0.29, 0.717) is 10.0 Å². The molecule has 136 valence electrons. The lowest BCUT2D eigenvalue weighted by Crippen LogP contribution is -2.14. The summed E-state index contributed by atoms with van der Waals surface area (Å²) in [7, 11) is -3.95. The quantitative estimate of drug-likeness (QED) is 0.625. The number of hydrogen-bond acceptors (Lipinski definition) is 3. The van der Waals surface area contributed by atoms with Crippen molar-refractivity contribution in [3.63, 3.8) is 0 Å². The molecule has 26 heavy (non-hydrogen) atoms. The average molecular weight is 435 g/mol. The van der Waals surface area contributed by atoms with Crippen LogP contribution >= 0.6 is 34.8 Å². The van der Waals surface area contributed by atoms with E-state index in [-0.39, 0.29) is 22.3 Å². The molecule has 0 aliphatic carbocycles. The van der Waals surface area contributed by atoms with Crippen molar-refractivity contribution < 1.29 is 12.8 Å². The molecule has 10 heteroatoms. The van der Waals surface area contributed by atoms with Crippen LogP contribution in [0.4, 0.5) is 10.2 Å². The van der Waals surface area contributed by atoms with Crippen LogP contribution in [0.25, 0.3) is 0 Å². The minimum absolute atomic E-state index is 0.0407. The molecule has 0 unspecified atom stereocenters. The molecular formula is C16H11Cl3FN3O2S. The molecule has 0 amide bonds. The summed E-state index contributed by atoms with van der Waals surface area (Å²) in [5, 5.41) is 5.20. The SMILES string of the molecule is O=S(=O)(Nc1nn(Cc2ccc(Cl)cc2Cl)cc1Cl)c1ccc(F)cc1. The fourth-order valence-electron chi connectivity index (χ4n) is 2.17. The lowest BCUT2D eigenvalue weighted by atomic mass is 10.2. The summed E-state index contributed by atoms with van der Waals surface area (Å²) in [5.74, 6) is -0.577. The van der Waals surface area contributed by atoms with Crippen molar-refractivity contribution in [3.05, 3.63) is 75.1 Å². The minimum atomic E-state index is -3.95. The molecule has 1 aromatic heterocycles. The number of aromatic nitrogens is 2. The molecule has 0 spiro atoms. The molecule has 0 aliphatic heterocycles. The van der Waals surface area contributed by atoms with Crippen LogP contribution in [-0.4, -0.2) is 18.2 Å². The summed E-state index contributed by atoms with van der Waals surface area (Å²) in [6.45, 7) is 0.272. The zero-order valence-corrected chi connectivity index (χ0v) is 16.0. The van der Waals surface area contributed by atoms with Gasteiger partial charge in [-0.05, 0) is 42.0 Å². The molecule has 1 heterocycles. The number of rotatable bonds is 5. The van der Waals surface area contributed by atoms with Gasteiger partial charge in [-0.1, -0.05) is 40.9 Å². The molecule has 0 atom stereocenters. The Kier molecular flexibility index (Phi) is 5.43. The summed E-state index contributed by atoms with van der Waals surface area (Å²) in [6.07, 6.45) is 1.47. The molecule has 5 nitrogen and oxygen atoms in total. The first kappa shape index (κ1) is 19.0. The van der Waals surface area contributed by atoms with Crippen molar-refractivity contribution in [2.75, 3.05) is 4.72 Å². The van der Waals surface area contributed by atoms with Crippen LogP contribution in [-0.2, 0) is 16.6 Å². The molecular weight excluding hydrogens is 424 g/mol. The highest BCUT2D eigenvalue weighted by molar-refractivity contribution is 7.92. The van der Waals surface area contributed by atoms with Gasteiger partial charge in [0.2, 0.25) is 0 Å². The second-order valence-electron chi connectivity index (χ2n) is 5.32. The van der Waals surface area contributed by atoms with E-state index in [0.717, 1.165) is 29.8 Å². The van der Waals surface area contributed by atoms with Crippen molar-refractivity contribution in [2.24, 2.45) is 0 Å². The maximum Gasteiger partial charge on any atom is 0.263 e. The van der Waals surface area contributed by atoms with E-state index < -0.39 is 15.8 Å². The first-order chi connectivity index (χ1) is 12.2. The first-order valence-electron chi connectivity index (χ1n) is 7.20. The third-order valence-electron chi connectivity index (χ3n) is 3.42. The number of halogens is 4. The highest BCUT2D eigenvalue weighted by atomic mass is 35.5. The van der Waals surface area contributed by atoms with Crippen molar-refractivity contribution >= 4 is 50.6 Å². The van der Waals surface area contributed by atoms with Gasteiger partial charge in [0.25, 0.3) is 10.0 Å². The topological polar surface area (TPSA) is 64.0 Å². The van der Waals surface area contributed by atoms with Crippen LogP contribution in [0, 0.1) is 5.82 Å². The van der Waals surface area contributed by atoms with Crippen LogP contribution in [0.3, 0.4) is 0 Å². The van der Waals surface area contributed by atoms with Crippen molar-refractivity contribution in [2.45, 2.75) is 11.4 Å². The van der Waals surface area contributed by atoms with Crippen molar-refractivity contribution in [1.82, 2.24) is 9.78 Å². The van der Waals surface area contributed by atoms with Crippen LogP contribution < -0.4 is 4.72 Å². The van der Waals surface area contributed by atoms with E-state index in [1.165, 1.54) is 10.9 Å². The summed E-state index contributed by atoms with van der Waals surface area (Å²) in [4.78, 5) is -0.106. The van der Waals surface area contributed by atoms with Gasteiger partial charge >= 0.3 is 0 Å². The largest absolute Gasteiger partial charge is 0.265 e. The second-order valence-corrected chi connectivity index (χ2v) is 8.25. The standard InChI is InChI=1S/C16H11Cl3FN3O2S/c17-11-2-1-10(14(18)7-11)8-23-9-15(19)16(21-23)22-26(24,25)13-5-3-12(20)4-6-13/h1-7,9H,8H2,(H,21,22). The lowest BCUT2D eigenvalue weighted by Gasteiger charge is -2.06. The molecule has 0 saturated heterocycles.